The molecule has 8 heteroatoms. The van der Waals surface area contributed by atoms with Crippen molar-refractivity contribution in [1.29, 1.82) is 0 Å². The highest BCUT2D eigenvalue weighted by Gasteiger charge is 2.17. The molecule has 0 aliphatic heterocycles. The lowest BCUT2D eigenvalue weighted by Gasteiger charge is -2.13. The molecule has 0 unspecified atom stereocenters. The molecule has 0 radical (unpaired) electrons. The number of hydrogen-bond donors (Lipinski definition) is 0. The van der Waals surface area contributed by atoms with E-state index in [1.54, 1.807) is 18.9 Å². The molecular formula is C24H26N4O3S. The summed E-state index contributed by atoms with van der Waals surface area (Å²) in [4.78, 5) is 0. The quantitative estimate of drug-likeness (QED) is 0.312. The second-order valence-electron chi connectivity index (χ2n) is 7.29. The summed E-state index contributed by atoms with van der Waals surface area (Å²) in [6.07, 6.45) is 0. The number of rotatable bonds is 10. The van der Waals surface area contributed by atoms with Crippen LogP contribution in [0.15, 0.2) is 64.3 Å². The van der Waals surface area contributed by atoms with Crippen LogP contribution in [0.25, 0.3) is 11.1 Å². The van der Waals surface area contributed by atoms with Crippen LogP contribution in [0.3, 0.4) is 0 Å². The molecule has 4 aromatic rings. The lowest BCUT2D eigenvalue weighted by Crippen LogP contribution is -2.12. The molecule has 2 aromatic carbocycles. The van der Waals surface area contributed by atoms with E-state index < -0.39 is 0 Å². The Bertz CT molecular complexity index is 1140. The molecule has 7 nitrogen and oxygen atoms in total. The fourth-order valence-electron chi connectivity index (χ4n) is 3.38. The highest BCUT2D eigenvalue weighted by Crippen LogP contribution is 2.30. The molecule has 2 aromatic heterocycles. The molecule has 0 amide bonds. The van der Waals surface area contributed by atoms with Crippen LogP contribution in [0, 0.1) is 13.8 Å². The first-order chi connectivity index (χ1) is 15.7. The van der Waals surface area contributed by atoms with Gasteiger partial charge >= 0.3 is 0 Å². The fraction of sp³-hybridized carbons (Fsp3) is 0.292. The van der Waals surface area contributed by atoms with Gasteiger partial charge in [-0.15, -0.1) is 10.2 Å². The van der Waals surface area contributed by atoms with Gasteiger partial charge in [0.05, 0.1) is 12.3 Å². The summed E-state index contributed by atoms with van der Waals surface area (Å²) in [6.45, 7) is 5.39. The molecule has 0 aliphatic carbocycles. The number of methoxy groups -OCH3 is 1. The zero-order valence-corrected chi connectivity index (χ0v) is 19.3. The van der Waals surface area contributed by atoms with Crippen molar-refractivity contribution in [1.82, 2.24) is 19.9 Å². The number of aryl methyl sites for hydroxylation is 2. The molecule has 2 heterocycles. The lowest BCUT2D eigenvalue weighted by molar-refractivity contribution is 0.181. The Balaban J connectivity index is 1.52. The van der Waals surface area contributed by atoms with E-state index in [1.165, 1.54) is 0 Å². The summed E-state index contributed by atoms with van der Waals surface area (Å²) in [5.74, 6) is 3.11. The van der Waals surface area contributed by atoms with Crippen molar-refractivity contribution in [2.75, 3.05) is 13.7 Å². The zero-order chi connectivity index (χ0) is 22.3. The van der Waals surface area contributed by atoms with E-state index in [-0.39, 0.29) is 0 Å². The summed E-state index contributed by atoms with van der Waals surface area (Å²) in [5, 5.41) is 13.7. The molecule has 0 spiro atoms. The van der Waals surface area contributed by atoms with Gasteiger partial charge in [0.15, 0.2) is 11.0 Å². The van der Waals surface area contributed by atoms with Gasteiger partial charge in [-0.3, -0.25) is 0 Å². The topological polar surface area (TPSA) is 75.2 Å². The van der Waals surface area contributed by atoms with Crippen molar-refractivity contribution >= 4 is 11.8 Å². The van der Waals surface area contributed by atoms with Crippen LogP contribution in [-0.2, 0) is 23.6 Å². The third kappa shape index (κ3) is 5.03. The predicted octanol–water partition coefficient (Wildman–Crippen LogP) is 5.07. The Labute approximate surface area is 191 Å². The van der Waals surface area contributed by atoms with Gasteiger partial charge in [0, 0.05) is 30.5 Å². The van der Waals surface area contributed by atoms with Crippen molar-refractivity contribution in [3.05, 3.63) is 77.4 Å². The summed E-state index contributed by atoms with van der Waals surface area (Å²) >= 11 is 1.60. The molecule has 0 saturated heterocycles. The Morgan fingerprint density at radius 2 is 1.78 bits per heavy atom. The van der Waals surface area contributed by atoms with E-state index in [9.17, 15) is 0 Å². The summed E-state index contributed by atoms with van der Waals surface area (Å²) in [5.41, 5.74) is 4.15. The first-order valence-electron chi connectivity index (χ1n) is 10.4. The Hall–Kier alpha value is -3.10. The third-order valence-electron chi connectivity index (χ3n) is 5.17. The summed E-state index contributed by atoms with van der Waals surface area (Å²) in [7, 11) is 1.69. The predicted molar refractivity (Wildman–Crippen MR) is 124 cm³/mol. The van der Waals surface area contributed by atoms with Gasteiger partial charge in [-0.2, -0.15) is 0 Å². The van der Waals surface area contributed by atoms with Gasteiger partial charge in [0.1, 0.15) is 18.1 Å². The van der Waals surface area contributed by atoms with E-state index in [4.69, 9.17) is 14.0 Å². The molecule has 0 N–H and O–H groups in total. The maximum absolute atomic E-state index is 6.20. The normalized spacial score (nSPS) is 11.1. The van der Waals surface area contributed by atoms with E-state index in [1.807, 2.05) is 50.2 Å². The average molecular weight is 451 g/mol. The van der Waals surface area contributed by atoms with Crippen molar-refractivity contribution < 1.29 is 14.0 Å². The minimum atomic E-state index is 0.312. The molecule has 166 valence electrons. The van der Waals surface area contributed by atoms with E-state index in [2.05, 4.69) is 38.1 Å². The highest BCUT2D eigenvalue weighted by molar-refractivity contribution is 7.98. The van der Waals surface area contributed by atoms with Gasteiger partial charge < -0.3 is 18.6 Å². The van der Waals surface area contributed by atoms with Gasteiger partial charge in [-0.25, -0.2) is 0 Å². The smallest absolute Gasteiger partial charge is 0.191 e. The van der Waals surface area contributed by atoms with Crippen molar-refractivity contribution in [2.24, 2.45) is 0 Å². The van der Waals surface area contributed by atoms with E-state index in [0.717, 1.165) is 44.9 Å². The molecule has 0 atom stereocenters. The number of benzene rings is 2. The summed E-state index contributed by atoms with van der Waals surface area (Å²) < 4.78 is 18.8. The Morgan fingerprint density at radius 3 is 2.53 bits per heavy atom. The molecule has 4 rings (SSSR count). The van der Waals surface area contributed by atoms with Gasteiger partial charge in [0.25, 0.3) is 0 Å². The maximum Gasteiger partial charge on any atom is 0.191 e. The highest BCUT2D eigenvalue weighted by atomic mass is 32.2. The maximum atomic E-state index is 6.20. The Kier molecular flexibility index (Phi) is 7.24. The second-order valence-corrected chi connectivity index (χ2v) is 8.23. The number of ether oxygens (including phenoxy) is 2. The fourth-order valence-corrected chi connectivity index (χ4v) is 4.51. The minimum Gasteiger partial charge on any atom is -0.485 e. The molecular weight excluding hydrogens is 424 g/mol. The number of aromatic nitrogens is 4. The lowest BCUT2D eigenvalue weighted by atomic mass is 10.1. The van der Waals surface area contributed by atoms with Crippen molar-refractivity contribution in [3.63, 3.8) is 0 Å². The first kappa shape index (κ1) is 22.1. The molecule has 0 saturated carbocycles. The number of nitrogens with zero attached hydrogens (tertiary/aromatic N) is 4. The number of hydrogen-bond acceptors (Lipinski definition) is 7. The monoisotopic (exact) mass is 450 g/mol. The zero-order valence-electron chi connectivity index (χ0n) is 18.4. The number of thioether (sulfide) groups is 1. The molecule has 32 heavy (non-hydrogen) atoms. The molecule has 0 fully saturated rings. The van der Waals surface area contributed by atoms with Gasteiger partial charge in [0.2, 0.25) is 0 Å². The van der Waals surface area contributed by atoms with Crippen LogP contribution < -0.4 is 4.74 Å². The summed E-state index contributed by atoms with van der Waals surface area (Å²) in [6, 6.07) is 18.2. The first-order valence-corrected chi connectivity index (χ1v) is 11.4. The van der Waals surface area contributed by atoms with Gasteiger partial charge in [-0.05, 0) is 25.5 Å². The van der Waals surface area contributed by atoms with Crippen LogP contribution >= 0.6 is 11.8 Å². The SMILES string of the molecule is COCCn1c(COc2ccccc2-c2ccccc2)nnc1SCc1c(C)noc1C. The standard InChI is InChI=1S/C24H26N4O3S/c1-17-21(18(2)31-27-17)16-32-24-26-25-23(28(24)13-14-29-3)15-30-22-12-8-7-11-20(22)19-9-5-4-6-10-19/h4-12H,13-16H2,1-3H3. The average Bonchev–Trinajstić information content (AvgIpc) is 3.37. The molecule has 0 aliphatic rings. The minimum absolute atomic E-state index is 0.312. The van der Waals surface area contributed by atoms with Crippen LogP contribution in [0.1, 0.15) is 22.8 Å². The van der Waals surface area contributed by atoms with Crippen LogP contribution in [0.2, 0.25) is 0 Å². The van der Waals surface area contributed by atoms with Crippen molar-refractivity contribution in [2.45, 2.75) is 37.9 Å². The van der Waals surface area contributed by atoms with Crippen LogP contribution in [0.4, 0.5) is 0 Å². The van der Waals surface area contributed by atoms with E-state index in [0.29, 0.717) is 25.5 Å². The number of para-hydroxylation sites is 1. The Morgan fingerprint density at radius 1 is 1.00 bits per heavy atom. The van der Waals surface area contributed by atoms with Crippen molar-refractivity contribution in [3.8, 4) is 16.9 Å². The van der Waals surface area contributed by atoms with Gasteiger partial charge in [-0.1, -0.05) is 65.4 Å². The molecule has 0 bridgehead atoms. The van der Waals surface area contributed by atoms with Crippen LogP contribution in [0.5, 0.6) is 5.75 Å². The second kappa shape index (κ2) is 10.5. The van der Waals surface area contributed by atoms with Crippen LogP contribution in [-0.4, -0.2) is 33.6 Å². The van der Waals surface area contributed by atoms with E-state index >= 15 is 0 Å². The largest absolute Gasteiger partial charge is 0.485 e. The third-order valence-corrected chi connectivity index (χ3v) is 6.16.